The molecule has 112 valence electrons. The molecule has 0 aromatic carbocycles. The zero-order valence-corrected chi connectivity index (χ0v) is 13.6. The Labute approximate surface area is 128 Å². The van der Waals surface area contributed by atoms with Crippen molar-refractivity contribution in [2.75, 3.05) is 36.0 Å². The Bertz CT molecular complexity index is 471. The summed E-state index contributed by atoms with van der Waals surface area (Å²) in [5.41, 5.74) is 0.886. The summed E-state index contributed by atoms with van der Waals surface area (Å²) < 4.78 is 11.4. The summed E-state index contributed by atoms with van der Waals surface area (Å²) in [6.07, 6.45) is 0. The third-order valence-electron chi connectivity index (χ3n) is 3.25. The molecule has 0 atom stereocenters. The van der Waals surface area contributed by atoms with E-state index >= 15 is 0 Å². The van der Waals surface area contributed by atoms with Gasteiger partial charge in [-0.1, -0.05) is 25.4 Å². The summed E-state index contributed by atoms with van der Waals surface area (Å²) in [4.78, 5) is 6.83. The number of anilines is 1. The lowest BCUT2D eigenvalue weighted by Gasteiger charge is -2.27. The number of rotatable bonds is 5. The highest BCUT2D eigenvalue weighted by atomic mass is 35.5. The van der Waals surface area contributed by atoms with Crippen LogP contribution in [0.25, 0.3) is 0 Å². The average Bonchev–Trinajstić information content (AvgIpc) is 2.41. The molecule has 1 aromatic rings. The molecule has 0 unspecified atom stereocenters. The monoisotopic (exact) mass is 315 g/mol. The van der Waals surface area contributed by atoms with Crippen molar-refractivity contribution in [3.8, 4) is 0 Å². The van der Waals surface area contributed by atoms with Crippen LogP contribution in [0.2, 0.25) is 5.02 Å². The second-order valence-electron chi connectivity index (χ2n) is 5.46. The third-order valence-corrected chi connectivity index (χ3v) is 4.87. The topological polar surface area (TPSA) is 45.2 Å². The summed E-state index contributed by atoms with van der Waals surface area (Å²) in [7, 11) is -0.662. The van der Waals surface area contributed by atoms with Crippen molar-refractivity contribution >= 4 is 28.2 Å². The SMILES string of the molecule is CC(C)CNCc1nc(N2CCS(=O)CC2)ccc1Cl. The minimum absolute atomic E-state index is 0.606. The number of nitrogens with one attached hydrogen (secondary N) is 1. The maximum absolute atomic E-state index is 11.4. The summed E-state index contributed by atoms with van der Waals surface area (Å²) in [6, 6.07) is 3.85. The van der Waals surface area contributed by atoms with Crippen LogP contribution >= 0.6 is 11.6 Å². The number of halogens is 1. The predicted molar refractivity (Wildman–Crippen MR) is 85.9 cm³/mol. The number of pyridine rings is 1. The van der Waals surface area contributed by atoms with Crippen molar-refractivity contribution in [3.63, 3.8) is 0 Å². The Morgan fingerprint density at radius 2 is 2.10 bits per heavy atom. The van der Waals surface area contributed by atoms with Crippen LogP contribution in [0.4, 0.5) is 5.82 Å². The zero-order chi connectivity index (χ0) is 14.5. The number of aromatic nitrogens is 1. The van der Waals surface area contributed by atoms with Crippen molar-refractivity contribution < 1.29 is 4.21 Å². The molecule has 1 aliphatic heterocycles. The van der Waals surface area contributed by atoms with Gasteiger partial charge < -0.3 is 10.2 Å². The van der Waals surface area contributed by atoms with E-state index in [4.69, 9.17) is 11.6 Å². The lowest BCUT2D eigenvalue weighted by atomic mass is 10.2. The van der Waals surface area contributed by atoms with Crippen molar-refractivity contribution in [1.29, 1.82) is 0 Å². The molecule has 1 aliphatic rings. The normalized spacial score (nSPS) is 16.9. The quantitative estimate of drug-likeness (QED) is 0.903. The smallest absolute Gasteiger partial charge is 0.129 e. The fourth-order valence-electron chi connectivity index (χ4n) is 2.12. The molecule has 1 saturated heterocycles. The van der Waals surface area contributed by atoms with Crippen molar-refractivity contribution in [2.24, 2.45) is 5.92 Å². The van der Waals surface area contributed by atoms with Crippen molar-refractivity contribution in [1.82, 2.24) is 10.3 Å². The minimum Gasteiger partial charge on any atom is -0.355 e. The van der Waals surface area contributed by atoms with Gasteiger partial charge in [-0.05, 0) is 24.6 Å². The first-order valence-electron chi connectivity index (χ1n) is 7.02. The molecule has 1 fully saturated rings. The van der Waals surface area contributed by atoms with E-state index in [0.717, 1.165) is 42.7 Å². The molecular formula is C14H22ClN3OS. The number of hydrogen-bond donors (Lipinski definition) is 1. The number of hydrogen-bond acceptors (Lipinski definition) is 4. The first-order valence-corrected chi connectivity index (χ1v) is 8.89. The van der Waals surface area contributed by atoms with Gasteiger partial charge in [0.05, 0.1) is 10.7 Å². The maximum atomic E-state index is 11.4. The largest absolute Gasteiger partial charge is 0.355 e. The summed E-state index contributed by atoms with van der Waals surface area (Å²) in [5, 5.41) is 4.06. The van der Waals surface area contributed by atoms with E-state index in [1.165, 1.54) is 0 Å². The van der Waals surface area contributed by atoms with Crippen LogP contribution in [0, 0.1) is 5.92 Å². The molecule has 2 rings (SSSR count). The van der Waals surface area contributed by atoms with Gasteiger partial charge in [-0.25, -0.2) is 4.98 Å². The fourth-order valence-corrected chi connectivity index (χ4v) is 3.34. The van der Waals surface area contributed by atoms with E-state index in [2.05, 4.69) is 29.0 Å². The van der Waals surface area contributed by atoms with E-state index in [1.807, 2.05) is 12.1 Å². The Hall–Kier alpha value is -0.650. The van der Waals surface area contributed by atoms with Crippen molar-refractivity contribution in [3.05, 3.63) is 22.8 Å². The minimum atomic E-state index is -0.662. The molecule has 1 aromatic heterocycles. The average molecular weight is 316 g/mol. The maximum Gasteiger partial charge on any atom is 0.129 e. The number of nitrogens with zero attached hydrogens (tertiary/aromatic N) is 2. The highest BCUT2D eigenvalue weighted by Gasteiger charge is 2.17. The van der Waals surface area contributed by atoms with Crippen molar-refractivity contribution in [2.45, 2.75) is 20.4 Å². The highest BCUT2D eigenvalue weighted by Crippen LogP contribution is 2.20. The van der Waals surface area contributed by atoms with Gasteiger partial charge in [-0.2, -0.15) is 0 Å². The van der Waals surface area contributed by atoms with E-state index < -0.39 is 10.8 Å². The molecule has 20 heavy (non-hydrogen) atoms. The Balaban J connectivity index is 2.02. The standard InChI is InChI=1S/C14H22ClN3OS/c1-11(2)9-16-10-13-12(15)3-4-14(17-13)18-5-7-20(19)8-6-18/h3-4,11,16H,5-10H2,1-2H3. The van der Waals surface area contributed by atoms with Crippen LogP contribution < -0.4 is 10.2 Å². The lowest BCUT2D eigenvalue weighted by Crippen LogP contribution is -2.38. The Morgan fingerprint density at radius 3 is 2.75 bits per heavy atom. The van der Waals surface area contributed by atoms with Gasteiger partial charge in [-0.3, -0.25) is 4.21 Å². The first kappa shape index (κ1) is 15.7. The first-order chi connectivity index (χ1) is 9.56. The van der Waals surface area contributed by atoms with Gasteiger partial charge in [0, 0.05) is 41.9 Å². The lowest BCUT2D eigenvalue weighted by molar-refractivity contribution is 0.548. The molecule has 0 aliphatic carbocycles. The Morgan fingerprint density at radius 1 is 1.40 bits per heavy atom. The second kappa shape index (κ2) is 7.38. The van der Waals surface area contributed by atoms with Gasteiger partial charge in [-0.15, -0.1) is 0 Å². The second-order valence-corrected chi connectivity index (χ2v) is 7.56. The fraction of sp³-hybridized carbons (Fsp3) is 0.643. The Kier molecular flexibility index (Phi) is 5.81. The zero-order valence-electron chi connectivity index (χ0n) is 12.1. The molecule has 1 N–H and O–H groups in total. The van der Waals surface area contributed by atoms with Crippen LogP contribution in [0.15, 0.2) is 12.1 Å². The van der Waals surface area contributed by atoms with E-state index in [0.29, 0.717) is 17.5 Å². The molecular weight excluding hydrogens is 294 g/mol. The highest BCUT2D eigenvalue weighted by molar-refractivity contribution is 7.85. The van der Waals surface area contributed by atoms with Gasteiger partial charge in [0.25, 0.3) is 0 Å². The summed E-state index contributed by atoms with van der Waals surface area (Å²) >= 11 is 6.20. The summed E-state index contributed by atoms with van der Waals surface area (Å²) in [5.74, 6) is 3.00. The van der Waals surface area contributed by atoms with Gasteiger partial charge >= 0.3 is 0 Å². The molecule has 2 heterocycles. The van der Waals surface area contributed by atoms with E-state index in [1.54, 1.807) is 0 Å². The van der Waals surface area contributed by atoms with Gasteiger partial charge in [0.15, 0.2) is 0 Å². The van der Waals surface area contributed by atoms with Gasteiger partial charge in [0.1, 0.15) is 5.82 Å². The molecule has 0 spiro atoms. The molecule has 0 bridgehead atoms. The van der Waals surface area contributed by atoms with E-state index in [9.17, 15) is 4.21 Å². The van der Waals surface area contributed by atoms with Crippen LogP contribution in [0.5, 0.6) is 0 Å². The molecule has 0 radical (unpaired) electrons. The van der Waals surface area contributed by atoms with Crippen LogP contribution in [-0.4, -0.2) is 40.3 Å². The van der Waals surface area contributed by atoms with Crippen LogP contribution in [0.1, 0.15) is 19.5 Å². The molecule has 0 amide bonds. The molecule has 0 saturated carbocycles. The van der Waals surface area contributed by atoms with Gasteiger partial charge in [0.2, 0.25) is 0 Å². The molecule has 6 heteroatoms. The third kappa shape index (κ3) is 4.43. The van der Waals surface area contributed by atoms with Crippen LogP contribution in [0.3, 0.4) is 0 Å². The predicted octanol–water partition coefficient (Wildman–Crippen LogP) is 2.05. The molecule has 4 nitrogen and oxygen atoms in total. The van der Waals surface area contributed by atoms with Crippen LogP contribution in [-0.2, 0) is 17.3 Å². The summed E-state index contributed by atoms with van der Waals surface area (Å²) in [6.45, 7) is 7.59. The van der Waals surface area contributed by atoms with E-state index in [-0.39, 0.29) is 0 Å².